The molecule has 0 aliphatic carbocycles. The quantitative estimate of drug-likeness (QED) is 0.753. The number of rotatable bonds is 6. The van der Waals surface area contributed by atoms with Crippen molar-refractivity contribution in [3.63, 3.8) is 0 Å². The van der Waals surface area contributed by atoms with E-state index in [-0.39, 0.29) is 18.3 Å². The Morgan fingerprint density at radius 1 is 1.38 bits per heavy atom. The van der Waals surface area contributed by atoms with E-state index in [2.05, 4.69) is 12.2 Å². The Morgan fingerprint density at radius 2 is 2.06 bits per heavy atom. The summed E-state index contributed by atoms with van der Waals surface area (Å²) in [6, 6.07) is 5.58. The number of halogens is 1. The van der Waals surface area contributed by atoms with Gasteiger partial charge in [0.25, 0.3) is 5.91 Å². The first-order valence-electron chi connectivity index (χ1n) is 5.37. The lowest BCUT2D eigenvalue weighted by Gasteiger charge is -2.06. The van der Waals surface area contributed by atoms with Crippen LogP contribution in [0.1, 0.15) is 19.8 Å². The van der Waals surface area contributed by atoms with Crippen LogP contribution in [0.25, 0.3) is 0 Å². The molecule has 1 amide bonds. The minimum Gasteiger partial charge on any atom is -0.484 e. The molecule has 1 rings (SSSR count). The zero-order valence-electron chi connectivity index (χ0n) is 9.33. The minimum atomic E-state index is -0.320. The minimum absolute atomic E-state index is 0.0324. The normalized spacial score (nSPS) is 9.88. The predicted octanol–water partition coefficient (Wildman–Crippen LogP) is 2.12. The zero-order chi connectivity index (χ0) is 11.8. The molecule has 0 saturated heterocycles. The Kier molecular flexibility index (Phi) is 5.32. The van der Waals surface area contributed by atoms with E-state index in [1.54, 1.807) is 0 Å². The maximum Gasteiger partial charge on any atom is 0.257 e. The number of hydrogen-bond donors (Lipinski definition) is 1. The maximum atomic E-state index is 12.6. The largest absolute Gasteiger partial charge is 0.484 e. The van der Waals surface area contributed by atoms with Gasteiger partial charge in [-0.15, -0.1) is 0 Å². The lowest BCUT2D eigenvalue weighted by Crippen LogP contribution is -2.29. The van der Waals surface area contributed by atoms with Gasteiger partial charge in [0, 0.05) is 6.54 Å². The molecule has 4 heteroatoms. The van der Waals surface area contributed by atoms with Gasteiger partial charge in [0.05, 0.1) is 0 Å². The maximum absolute atomic E-state index is 12.6. The van der Waals surface area contributed by atoms with Gasteiger partial charge in [0.1, 0.15) is 11.6 Å². The summed E-state index contributed by atoms with van der Waals surface area (Å²) in [5, 5.41) is 2.73. The number of amides is 1. The highest BCUT2D eigenvalue weighted by atomic mass is 19.1. The zero-order valence-corrected chi connectivity index (χ0v) is 9.33. The van der Waals surface area contributed by atoms with Gasteiger partial charge in [0.2, 0.25) is 0 Å². The van der Waals surface area contributed by atoms with Crippen LogP contribution in [0.4, 0.5) is 4.39 Å². The van der Waals surface area contributed by atoms with Crippen LogP contribution in [-0.2, 0) is 4.79 Å². The Bertz CT molecular complexity index is 324. The van der Waals surface area contributed by atoms with Gasteiger partial charge in [-0.1, -0.05) is 13.3 Å². The summed E-state index contributed by atoms with van der Waals surface area (Å²) < 4.78 is 17.7. The van der Waals surface area contributed by atoms with E-state index < -0.39 is 0 Å². The van der Waals surface area contributed by atoms with Crippen LogP contribution in [-0.4, -0.2) is 19.1 Å². The molecule has 1 aromatic rings. The summed E-state index contributed by atoms with van der Waals surface area (Å²) in [6.45, 7) is 2.69. The second-order valence-electron chi connectivity index (χ2n) is 3.45. The number of carbonyl (C=O) groups excluding carboxylic acids is 1. The van der Waals surface area contributed by atoms with Crippen molar-refractivity contribution in [2.24, 2.45) is 0 Å². The highest BCUT2D eigenvalue weighted by Crippen LogP contribution is 2.10. The van der Waals surface area contributed by atoms with Crippen molar-refractivity contribution < 1.29 is 13.9 Å². The highest BCUT2D eigenvalue weighted by molar-refractivity contribution is 5.77. The third kappa shape index (κ3) is 4.77. The van der Waals surface area contributed by atoms with Crippen LogP contribution in [0.15, 0.2) is 24.3 Å². The summed E-state index contributed by atoms with van der Waals surface area (Å²) in [7, 11) is 0. The van der Waals surface area contributed by atoms with Crippen LogP contribution < -0.4 is 10.1 Å². The van der Waals surface area contributed by atoms with E-state index in [4.69, 9.17) is 4.74 Å². The Morgan fingerprint density at radius 3 is 2.69 bits per heavy atom. The average molecular weight is 225 g/mol. The van der Waals surface area contributed by atoms with Gasteiger partial charge in [-0.05, 0) is 30.7 Å². The molecule has 0 fully saturated rings. The van der Waals surface area contributed by atoms with Crippen LogP contribution in [0.3, 0.4) is 0 Å². The van der Waals surface area contributed by atoms with Crippen LogP contribution in [0.5, 0.6) is 5.75 Å². The number of nitrogens with one attached hydrogen (secondary N) is 1. The molecular formula is C12H16FNO2. The molecule has 0 spiro atoms. The predicted molar refractivity (Wildman–Crippen MR) is 59.8 cm³/mol. The van der Waals surface area contributed by atoms with Crippen molar-refractivity contribution in [2.45, 2.75) is 19.8 Å². The molecule has 0 atom stereocenters. The highest BCUT2D eigenvalue weighted by Gasteiger charge is 2.01. The summed E-state index contributed by atoms with van der Waals surface area (Å²) in [4.78, 5) is 11.2. The van der Waals surface area contributed by atoms with Gasteiger partial charge >= 0.3 is 0 Å². The molecule has 1 aromatic carbocycles. The van der Waals surface area contributed by atoms with Crippen molar-refractivity contribution in [2.75, 3.05) is 13.2 Å². The lowest BCUT2D eigenvalue weighted by atomic mass is 10.3. The first-order valence-corrected chi connectivity index (χ1v) is 5.37. The molecule has 0 saturated carbocycles. The van der Waals surface area contributed by atoms with Crippen molar-refractivity contribution in [3.8, 4) is 5.75 Å². The molecule has 0 unspecified atom stereocenters. The third-order valence-corrected chi connectivity index (χ3v) is 2.04. The Balaban J connectivity index is 2.23. The second kappa shape index (κ2) is 6.82. The fourth-order valence-corrected chi connectivity index (χ4v) is 1.14. The molecule has 0 aromatic heterocycles. The molecule has 0 heterocycles. The van der Waals surface area contributed by atoms with Crippen LogP contribution in [0.2, 0.25) is 0 Å². The fourth-order valence-electron chi connectivity index (χ4n) is 1.14. The van der Waals surface area contributed by atoms with Gasteiger partial charge in [-0.3, -0.25) is 4.79 Å². The third-order valence-electron chi connectivity index (χ3n) is 2.04. The van der Waals surface area contributed by atoms with Crippen molar-refractivity contribution in [3.05, 3.63) is 30.1 Å². The Hall–Kier alpha value is -1.58. The molecule has 1 N–H and O–H groups in total. The molecular weight excluding hydrogens is 209 g/mol. The lowest BCUT2D eigenvalue weighted by molar-refractivity contribution is -0.123. The first-order chi connectivity index (χ1) is 7.72. The van der Waals surface area contributed by atoms with Crippen LogP contribution >= 0.6 is 0 Å². The number of ether oxygens (including phenoxy) is 1. The van der Waals surface area contributed by atoms with E-state index in [1.807, 2.05) is 0 Å². The molecule has 0 aliphatic rings. The molecule has 3 nitrogen and oxygen atoms in total. The van der Waals surface area contributed by atoms with E-state index >= 15 is 0 Å². The number of carbonyl (C=O) groups is 1. The monoisotopic (exact) mass is 225 g/mol. The van der Waals surface area contributed by atoms with Gasteiger partial charge in [0.15, 0.2) is 6.61 Å². The smallest absolute Gasteiger partial charge is 0.257 e. The van der Waals surface area contributed by atoms with Crippen molar-refractivity contribution in [1.29, 1.82) is 0 Å². The van der Waals surface area contributed by atoms with Crippen LogP contribution in [0, 0.1) is 5.82 Å². The van der Waals surface area contributed by atoms with Gasteiger partial charge in [-0.25, -0.2) is 4.39 Å². The Labute approximate surface area is 94.6 Å². The van der Waals surface area contributed by atoms with Gasteiger partial charge < -0.3 is 10.1 Å². The van der Waals surface area contributed by atoms with Crippen molar-refractivity contribution >= 4 is 5.91 Å². The van der Waals surface area contributed by atoms with E-state index in [1.165, 1.54) is 24.3 Å². The van der Waals surface area contributed by atoms with Crippen molar-refractivity contribution in [1.82, 2.24) is 5.32 Å². The molecule has 0 bridgehead atoms. The number of unbranched alkanes of at least 4 members (excludes halogenated alkanes) is 1. The molecule has 0 radical (unpaired) electrons. The fraction of sp³-hybridized carbons (Fsp3) is 0.417. The molecule has 0 aliphatic heterocycles. The van der Waals surface area contributed by atoms with E-state index in [0.717, 1.165) is 12.8 Å². The standard InChI is InChI=1S/C12H16FNO2/c1-2-3-8-14-12(15)9-16-11-6-4-10(13)5-7-11/h4-7H,2-3,8-9H2,1H3,(H,14,15). The summed E-state index contributed by atoms with van der Waals surface area (Å²) >= 11 is 0. The summed E-state index contributed by atoms with van der Waals surface area (Å²) in [5.74, 6) is 0.0181. The second-order valence-corrected chi connectivity index (χ2v) is 3.45. The topological polar surface area (TPSA) is 38.3 Å². The summed E-state index contributed by atoms with van der Waals surface area (Å²) in [6.07, 6.45) is 2.00. The SMILES string of the molecule is CCCCNC(=O)COc1ccc(F)cc1. The molecule has 16 heavy (non-hydrogen) atoms. The van der Waals surface area contributed by atoms with Gasteiger partial charge in [-0.2, -0.15) is 0 Å². The number of benzene rings is 1. The van der Waals surface area contributed by atoms with E-state index in [9.17, 15) is 9.18 Å². The first kappa shape index (κ1) is 12.5. The average Bonchev–Trinajstić information content (AvgIpc) is 2.29. The van der Waals surface area contributed by atoms with E-state index in [0.29, 0.717) is 12.3 Å². The summed E-state index contributed by atoms with van der Waals surface area (Å²) in [5.41, 5.74) is 0. The number of hydrogen-bond acceptors (Lipinski definition) is 2. The molecule has 88 valence electrons.